The van der Waals surface area contributed by atoms with Crippen molar-refractivity contribution in [1.82, 2.24) is 0 Å². The smallest absolute Gasteiger partial charge is 0.0522 e. The lowest BCUT2D eigenvalue weighted by Gasteiger charge is -2.18. The zero-order valence-electron chi connectivity index (χ0n) is 5.80. The van der Waals surface area contributed by atoms with Crippen molar-refractivity contribution in [3.8, 4) is 12.3 Å². The van der Waals surface area contributed by atoms with E-state index in [4.69, 9.17) is 6.42 Å². The van der Waals surface area contributed by atoms with E-state index in [1.165, 1.54) is 0 Å². The van der Waals surface area contributed by atoms with Crippen molar-refractivity contribution in [3.63, 3.8) is 0 Å². The first-order valence-corrected chi connectivity index (χ1v) is 4.71. The average molecular weight is 154 g/mol. The van der Waals surface area contributed by atoms with Crippen LogP contribution < -0.4 is 0 Å². The van der Waals surface area contributed by atoms with Crippen LogP contribution in [0, 0.1) is 18.3 Å². The quantitative estimate of drug-likeness (QED) is 0.375. The highest BCUT2D eigenvalue weighted by Crippen LogP contribution is 2.19. The SMILES string of the molecule is C#CC1CS(=O)CCC1=C. The van der Waals surface area contributed by atoms with Gasteiger partial charge < -0.3 is 0 Å². The molecule has 0 aromatic carbocycles. The Morgan fingerprint density at radius 2 is 2.50 bits per heavy atom. The van der Waals surface area contributed by atoms with E-state index in [9.17, 15) is 4.21 Å². The molecular formula is C8H10OS. The third-order valence-corrected chi connectivity index (χ3v) is 3.06. The molecular weight excluding hydrogens is 144 g/mol. The van der Waals surface area contributed by atoms with E-state index in [-0.39, 0.29) is 5.92 Å². The third-order valence-electron chi connectivity index (χ3n) is 1.70. The lowest BCUT2D eigenvalue weighted by Crippen LogP contribution is -2.20. The van der Waals surface area contributed by atoms with E-state index in [2.05, 4.69) is 12.5 Å². The van der Waals surface area contributed by atoms with Crippen LogP contribution in [-0.4, -0.2) is 15.7 Å². The Balaban J connectivity index is 2.64. The number of allylic oxidation sites excluding steroid dienone is 1. The molecule has 1 saturated heterocycles. The monoisotopic (exact) mass is 154 g/mol. The first-order valence-electron chi connectivity index (χ1n) is 3.23. The molecule has 2 atom stereocenters. The van der Waals surface area contributed by atoms with Gasteiger partial charge in [0.25, 0.3) is 0 Å². The predicted octanol–water partition coefficient (Wildman–Crippen LogP) is 0.944. The van der Waals surface area contributed by atoms with Crippen LogP contribution in [0.25, 0.3) is 0 Å². The summed E-state index contributed by atoms with van der Waals surface area (Å²) in [5, 5.41) is 0. The van der Waals surface area contributed by atoms with Crippen LogP contribution in [0.2, 0.25) is 0 Å². The predicted molar refractivity (Wildman–Crippen MR) is 44.0 cm³/mol. The van der Waals surface area contributed by atoms with Gasteiger partial charge in [0.1, 0.15) is 0 Å². The summed E-state index contributed by atoms with van der Waals surface area (Å²) in [5.74, 6) is 4.02. The minimum atomic E-state index is -0.694. The van der Waals surface area contributed by atoms with Crippen molar-refractivity contribution < 1.29 is 4.21 Å². The largest absolute Gasteiger partial charge is 0.260 e. The summed E-state index contributed by atoms with van der Waals surface area (Å²) in [6, 6.07) is 0. The first kappa shape index (κ1) is 7.56. The minimum absolute atomic E-state index is 0.0644. The molecule has 0 amide bonds. The van der Waals surface area contributed by atoms with Gasteiger partial charge in [-0.05, 0) is 6.42 Å². The summed E-state index contributed by atoms with van der Waals surface area (Å²) >= 11 is 0. The highest BCUT2D eigenvalue weighted by molar-refractivity contribution is 7.85. The fourth-order valence-electron chi connectivity index (χ4n) is 0.972. The molecule has 1 nitrogen and oxygen atoms in total. The molecule has 0 aromatic rings. The zero-order valence-corrected chi connectivity index (χ0v) is 6.62. The van der Waals surface area contributed by atoms with Crippen LogP contribution in [-0.2, 0) is 10.8 Å². The van der Waals surface area contributed by atoms with Gasteiger partial charge in [-0.3, -0.25) is 4.21 Å². The van der Waals surface area contributed by atoms with Crippen LogP contribution >= 0.6 is 0 Å². The molecule has 1 rings (SSSR count). The summed E-state index contributed by atoms with van der Waals surface area (Å²) < 4.78 is 11.0. The van der Waals surface area contributed by atoms with Gasteiger partial charge in [-0.15, -0.1) is 6.42 Å². The second kappa shape index (κ2) is 3.03. The Morgan fingerprint density at radius 1 is 1.80 bits per heavy atom. The van der Waals surface area contributed by atoms with E-state index in [1.807, 2.05) is 0 Å². The summed E-state index contributed by atoms with van der Waals surface area (Å²) in [4.78, 5) is 0. The van der Waals surface area contributed by atoms with Crippen molar-refractivity contribution in [2.24, 2.45) is 5.92 Å². The number of hydrogen-bond acceptors (Lipinski definition) is 1. The van der Waals surface area contributed by atoms with Gasteiger partial charge in [0.05, 0.1) is 5.92 Å². The topological polar surface area (TPSA) is 17.1 Å². The fourth-order valence-corrected chi connectivity index (χ4v) is 2.33. The maximum Gasteiger partial charge on any atom is 0.0522 e. The van der Waals surface area contributed by atoms with Crippen molar-refractivity contribution in [2.75, 3.05) is 11.5 Å². The van der Waals surface area contributed by atoms with Crippen molar-refractivity contribution in [2.45, 2.75) is 6.42 Å². The summed E-state index contributed by atoms with van der Waals surface area (Å²) in [7, 11) is -0.694. The molecule has 0 spiro atoms. The van der Waals surface area contributed by atoms with Gasteiger partial charge in [0.2, 0.25) is 0 Å². The highest BCUT2D eigenvalue weighted by Gasteiger charge is 2.19. The van der Waals surface area contributed by atoms with Crippen LogP contribution in [0.15, 0.2) is 12.2 Å². The van der Waals surface area contributed by atoms with Crippen molar-refractivity contribution >= 4 is 10.8 Å². The molecule has 0 aliphatic carbocycles. The maximum absolute atomic E-state index is 11.0. The molecule has 0 saturated carbocycles. The Morgan fingerprint density at radius 3 is 3.00 bits per heavy atom. The van der Waals surface area contributed by atoms with Crippen molar-refractivity contribution in [3.05, 3.63) is 12.2 Å². The Labute approximate surface area is 64.0 Å². The molecule has 1 aliphatic rings. The zero-order chi connectivity index (χ0) is 7.56. The molecule has 54 valence electrons. The van der Waals surface area contributed by atoms with Gasteiger partial charge in [-0.2, -0.15) is 0 Å². The lowest BCUT2D eigenvalue weighted by molar-refractivity contribution is 0.667. The summed E-state index contributed by atoms with van der Waals surface area (Å²) in [5.41, 5.74) is 1.07. The van der Waals surface area contributed by atoms with Crippen LogP contribution in [0.1, 0.15) is 6.42 Å². The molecule has 2 unspecified atom stereocenters. The Bertz CT molecular complexity index is 212. The van der Waals surface area contributed by atoms with Gasteiger partial charge in [-0.1, -0.05) is 18.1 Å². The summed E-state index contributed by atoms with van der Waals surface area (Å²) in [6.07, 6.45) is 6.05. The second-order valence-electron chi connectivity index (χ2n) is 2.44. The molecule has 1 aliphatic heterocycles. The maximum atomic E-state index is 11.0. The highest BCUT2D eigenvalue weighted by atomic mass is 32.2. The normalized spacial score (nSPS) is 33.3. The molecule has 10 heavy (non-hydrogen) atoms. The Kier molecular flexibility index (Phi) is 2.29. The fraction of sp³-hybridized carbons (Fsp3) is 0.500. The average Bonchev–Trinajstić information content (AvgIpc) is 1.94. The van der Waals surface area contributed by atoms with Crippen molar-refractivity contribution in [1.29, 1.82) is 0 Å². The molecule has 0 bridgehead atoms. The Hall–Kier alpha value is -0.550. The summed E-state index contributed by atoms with van der Waals surface area (Å²) in [6.45, 7) is 3.82. The minimum Gasteiger partial charge on any atom is -0.260 e. The van der Waals surface area contributed by atoms with E-state index in [0.717, 1.165) is 17.7 Å². The molecule has 2 heteroatoms. The van der Waals surface area contributed by atoms with E-state index in [1.54, 1.807) is 0 Å². The van der Waals surface area contributed by atoms with E-state index in [0.29, 0.717) is 5.75 Å². The molecule has 1 fully saturated rings. The van der Waals surface area contributed by atoms with Crippen LogP contribution in [0.5, 0.6) is 0 Å². The van der Waals surface area contributed by atoms with Gasteiger partial charge in [0, 0.05) is 22.3 Å². The van der Waals surface area contributed by atoms with E-state index >= 15 is 0 Å². The number of terminal acetylenes is 1. The molecule has 1 heterocycles. The second-order valence-corrected chi connectivity index (χ2v) is 4.06. The van der Waals surface area contributed by atoms with Crippen LogP contribution in [0.4, 0.5) is 0 Å². The lowest BCUT2D eigenvalue weighted by atomic mass is 10.0. The molecule has 0 radical (unpaired) electrons. The van der Waals surface area contributed by atoms with Gasteiger partial charge in [0.15, 0.2) is 0 Å². The molecule has 0 N–H and O–H groups in total. The van der Waals surface area contributed by atoms with Crippen LogP contribution in [0.3, 0.4) is 0 Å². The number of hydrogen-bond donors (Lipinski definition) is 0. The molecule has 0 aromatic heterocycles. The van der Waals surface area contributed by atoms with Gasteiger partial charge >= 0.3 is 0 Å². The standard InChI is InChI=1S/C8H10OS/c1-3-8-6-10(9)5-4-7(8)2/h1,8H,2,4-6H2. The number of rotatable bonds is 0. The first-order chi connectivity index (χ1) is 4.74. The third kappa shape index (κ3) is 1.48. The van der Waals surface area contributed by atoms with E-state index < -0.39 is 10.8 Å². The van der Waals surface area contributed by atoms with Gasteiger partial charge in [-0.25, -0.2) is 0 Å².